The molecule has 6 heteroatoms. The van der Waals surface area contributed by atoms with E-state index in [9.17, 15) is 4.79 Å². The van der Waals surface area contributed by atoms with Gasteiger partial charge >= 0.3 is 0 Å². The number of thiocarbonyl (C=S) groups is 1. The van der Waals surface area contributed by atoms with Crippen LogP contribution in [0.1, 0.15) is 23.6 Å². The number of carbonyl (C=O) groups excluding carboxylic acids is 1. The number of aryl methyl sites for hydroxylation is 2. The molecular weight excluding hydrogens is 402 g/mol. The number of anilines is 1. The lowest BCUT2D eigenvalue weighted by molar-refractivity contribution is -0.113. The fourth-order valence-corrected chi connectivity index (χ4v) is 4.16. The van der Waals surface area contributed by atoms with Gasteiger partial charge in [-0.25, -0.2) is 0 Å². The summed E-state index contributed by atoms with van der Waals surface area (Å²) < 4.78 is 11.8. The molecule has 0 N–H and O–H groups in total. The normalized spacial score (nSPS) is 15.1. The highest BCUT2D eigenvalue weighted by Crippen LogP contribution is 2.37. The zero-order chi connectivity index (χ0) is 21.0. The Kier molecular flexibility index (Phi) is 6.77. The monoisotopic (exact) mass is 425 g/mol. The van der Waals surface area contributed by atoms with Crippen molar-refractivity contribution in [3.05, 3.63) is 70.6 Å². The van der Waals surface area contributed by atoms with E-state index in [0.717, 1.165) is 16.8 Å². The summed E-state index contributed by atoms with van der Waals surface area (Å²) in [7, 11) is 0. The second kappa shape index (κ2) is 9.29. The maximum Gasteiger partial charge on any atom is 0.270 e. The first-order chi connectivity index (χ1) is 13.9. The number of ether oxygens (including phenoxy) is 2. The molecule has 0 unspecified atom stereocenters. The third-order valence-electron chi connectivity index (χ3n) is 4.46. The van der Waals surface area contributed by atoms with Gasteiger partial charge in [0, 0.05) is 0 Å². The third-order valence-corrected chi connectivity index (χ3v) is 5.77. The van der Waals surface area contributed by atoms with Crippen molar-refractivity contribution in [1.82, 2.24) is 0 Å². The summed E-state index contributed by atoms with van der Waals surface area (Å²) in [5.41, 5.74) is 3.94. The summed E-state index contributed by atoms with van der Waals surface area (Å²) in [4.78, 5) is 15.2. The molecule has 3 rings (SSSR count). The topological polar surface area (TPSA) is 38.8 Å². The van der Waals surface area contributed by atoms with E-state index in [2.05, 4.69) is 6.58 Å². The first kappa shape index (κ1) is 21.1. The van der Waals surface area contributed by atoms with Crippen LogP contribution in [0.2, 0.25) is 0 Å². The van der Waals surface area contributed by atoms with Crippen molar-refractivity contribution in [2.24, 2.45) is 0 Å². The van der Waals surface area contributed by atoms with Crippen LogP contribution in [0.3, 0.4) is 0 Å². The Balaban J connectivity index is 1.89. The molecule has 0 spiro atoms. The summed E-state index contributed by atoms with van der Waals surface area (Å²) in [6.45, 7) is 10.6. The highest BCUT2D eigenvalue weighted by atomic mass is 32.2. The van der Waals surface area contributed by atoms with Gasteiger partial charge in [-0.1, -0.05) is 48.8 Å². The molecule has 0 aromatic heterocycles. The van der Waals surface area contributed by atoms with Crippen LogP contribution in [0.15, 0.2) is 54.0 Å². The molecule has 0 atom stereocenters. The smallest absolute Gasteiger partial charge is 0.270 e. The second-order valence-corrected chi connectivity index (χ2v) is 8.20. The zero-order valence-electron chi connectivity index (χ0n) is 16.7. The molecule has 1 heterocycles. The number of benzene rings is 2. The van der Waals surface area contributed by atoms with Crippen LogP contribution >= 0.6 is 24.0 Å². The Hall–Kier alpha value is -2.57. The number of hydrogen-bond donors (Lipinski definition) is 0. The lowest BCUT2D eigenvalue weighted by Gasteiger charge is -2.16. The molecule has 0 radical (unpaired) electrons. The van der Waals surface area contributed by atoms with Gasteiger partial charge < -0.3 is 9.47 Å². The van der Waals surface area contributed by atoms with Gasteiger partial charge in [0.05, 0.1) is 17.2 Å². The molecule has 0 saturated carbocycles. The SMILES string of the molecule is C=CCOc1ccc(C=C2SC(=S)N(c3ccc(C)c(C)c3)C2=O)cc1OCC. The fourth-order valence-electron chi connectivity index (χ4n) is 2.86. The molecular formula is C23H23NO3S2. The highest BCUT2D eigenvalue weighted by Gasteiger charge is 2.33. The van der Waals surface area contributed by atoms with Crippen LogP contribution in [0.4, 0.5) is 5.69 Å². The molecule has 4 nitrogen and oxygen atoms in total. The average Bonchev–Trinajstić information content (AvgIpc) is 2.97. The Labute approximate surface area is 181 Å². The number of nitrogens with zero attached hydrogens (tertiary/aromatic N) is 1. The Morgan fingerprint density at radius 2 is 1.90 bits per heavy atom. The van der Waals surface area contributed by atoms with Crippen molar-refractivity contribution in [1.29, 1.82) is 0 Å². The number of thioether (sulfide) groups is 1. The Morgan fingerprint density at radius 1 is 1.10 bits per heavy atom. The highest BCUT2D eigenvalue weighted by molar-refractivity contribution is 8.27. The van der Waals surface area contributed by atoms with E-state index in [1.807, 2.05) is 63.2 Å². The van der Waals surface area contributed by atoms with Crippen LogP contribution in [0.5, 0.6) is 11.5 Å². The van der Waals surface area contributed by atoms with Crippen molar-refractivity contribution in [3.63, 3.8) is 0 Å². The Morgan fingerprint density at radius 3 is 2.59 bits per heavy atom. The van der Waals surface area contributed by atoms with Gasteiger partial charge in [-0.2, -0.15) is 0 Å². The van der Waals surface area contributed by atoms with Crippen molar-refractivity contribution in [3.8, 4) is 11.5 Å². The molecule has 29 heavy (non-hydrogen) atoms. The predicted octanol–water partition coefficient (Wildman–Crippen LogP) is 5.67. The first-order valence-electron chi connectivity index (χ1n) is 9.30. The minimum absolute atomic E-state index is 0.117. The summed E-state index contributed by atoms with van der Waals surface area (Å²) in [6, 6.07) is 11.5. The van der Waals surface area contributed by atoms with Gasteiger partial charge in [-0.05, 0) is 67.8 Å². The van der Waals surface area contributed by atoms with Crippen molar-refractivity contribution < 1.29 is 14.3 Å². The van der Waals surface area contributed by atoms with E-state index < -0.39 is 0 Å². The van der Waals surface area contributed by atoms with Crippen LogP contribution in [0, 0.1) is 13.8 Å². The third kappa shape index (κ3) is 4.71. The van der Waals surface area contributed by atoms with Crippen LogP contribution in [-0.2, 0) is 4.79 Å². The van der Waals surface area contributed by atoms with E-state index in [1.54, 1.807) is 11.0 Å². The predicted molar refractivity (Wildman–Crippen MR) is 125 cm³/mol. The maximum atomic E-state index is 13.0. The Bertz CT molecular complexity index is 998. The molecule has 1 fully saturated rings. The molecule has 2 aromatic carbocycles. The van der Waals surface area contributed by atoms with Gasteiger partial charge in [0.1, 0.15) is 6.61 Å². The lowest BCUT2D eigenvalue weighted by atomic mass is 10.1. The molecule has 150 valence electrons. The summed E-state index contributed by atoms with van der Waals surface area (Å²) in [5.74, 6) is 1.16. The maximum absolute atomic E-state index is 13.0. The van der Waals surface area contributed by atoms with E-state index >= 15 is 0 Å². The number of hydrogen-bond acceptors (Lipinski definition) is 5. The summed E-state index contributed by atoms with van der Waals surface area (Å²) in [5, 5.41) is 0. The van der Waals surface area contributed by atoms with E-state index in [1.165, 1.54) is 17.3 Å². The van der Waals surface area contributed by atoms with E-state index in [-0.39, 0.29) is 5.91 Å². The van der Waals surface area contributed by atoms with Crippen LogP contribution < -0.4 is 14.4 Å². The first-order valence-corrected chi connectivity index (χ1v) is 10.5. The van der Waals surface area contributed by atoms with Gasteiger partial charge in [0.25, 0.3) is 5.91 Å². The van der Waals surface area contributed by atoms with Gasteiger partial charge in [0.2, 0.25) is 0 Å². The standard InChI is InChI=1S/C23H23NO3S2/c1-5-11-27-19-10-8-17(13-20(19)26-6-2)14-21-22(25)24(23(28)29-21)18-9-7-15(3)16(4)12-18/h5,7-10,12-14H,1,6,11H2,2-4H3. The molecule has 2 aromatic rings. The molecule has 1 aliphatic heterocycles. The van der Waals surface area contributed by atoms with Crippen molar-refractivity contribution in [2.45, 2.75) is 20.8 Å². The summed E-state index contributed by atoms with van der Waals surface area (Å²) >= 11 is 6.78. The van der Waals surface area contributed by atoms with Crippen molar-refractivity contribution in [2.75, 3.05) is 18.1 Å². The zero-order valence-corrected chi connectivity index (χ0v) is 18.4. The lowest BCUT2D eigenvalue weighted by Crippen LogP contribution is -2.27. The molecule has 1 aliphatic rings. The minimum atomic E-state index is -0.117. The van der Waals surface area contributed by atoms with Gasteiger partial charge in [-0.3, -0.25) is 9.69 Å². The number of amides is 1. The number of rotatable bonds is 7. The van der Waals surface area contributed by atoms with Crippen molar-refractivity contribution >= 4 is 46.0 Å². The average molecular weight is 426 g/mol. The summed E-state index contributed by atoms with van der Waals surface area (Å²) in [6.07, 6.45) is 3.52. The van der Waals surface area contributed by atoms with Crippen LogP contribution in [0.25, 0.3) is 6.08 Å². The molecule has 0 aliphatic carbocycles. The quantitative estimate of drug-likeness (QED) is 0.324. The number of carbonyl (C=O) groups is 1. The molecule has 1 amide bonds. The fraction of sp³-hybridized carbons (Fsp3) is 0.217. The minimum Gasteiger partial charge on any atom is -0.490 e. The van der Waals surface area contributed by atoms with Gasteiger partial charge in [0.15, 0.2) is 15.8 Å². The van der Waals surface area contributed by atoms with Crippen LogP contribution in [-0.4, -0.2) is 23.4 Å². The molecule has 0 bridgehead atoms. The van der Waals surface area contributed by atoms with Gasteiger partial charge in [-0.15, -0.1) is 0 Å². The van der Waals surface area contributed by atoms with E-state index in [0.29, 0.717) is 33.9 Å². The van der Waals surface area contributed by atoms with E-state index in [4.69, 9.17) is 21.7 Å². The largest absolute Gasteiger partial charge is 0.490 e. The second-order valence-electron chi connectivity index (χ2n) is 6.52. The molecule has 1 saturated heterocycles.